The second-order valence-electron chi connectivity index (χ2n) is 4.08. The van der Waals surface area contributed by atoms with Crippen LogP contribution in [0.25, 0.3) is 0 Å². The molecule has 3 N–H and O–H groups in total. The lowest BCUT2D eigenvalue weighted by atomic mass is 10.1. The number of aliphatic carboxylic acids is 1. The van der Waals surface area contributed by atoms with Crippen molar-refractivity contribution in [2.45, 2.75) is 19.1 Å². The first-order chi connectivity index (χ1) is 8.58. The molecule has 0 bridgehead atoms. The monoisotopic (exact) mass is 270 g/mol. The smallest absolute Gasteiger partial charge is 0.334 e. The van der Waals surface area contributed by atoms with Gasteiger partial charge in [0.25, 0.3) is 0 Å². The van der Waals surface area contributed by atoms with Gasteiger partial charge in [-0.25, -0.2) is 9.59 Å². The third-order valence-electron chi connectivity index (χ3n) is 2.83. The van der Waals surface area contributed by atoms with Crippen LogP contribution in [0.1, 0.15) is 10.4 Å². The standard InChI is InChI=1S/C11H14N2O4S/c14-8(10(15)16)5-12-11(17)13-3-1-9-7(6-13)2-4-18-9/h2,4,8,14H,1,3,5-6H2,(H,12,17)(H,15,16). The summed E-state index contributed by atoms with van der Waals surface area (Å²) >= 11 is 1.69. The fraction of sp³-hybridized carbons (Fsp3) is 0.455. The van der Waals surface area contributed by atoms with Crippen LogP contribution in [0, 0.1) is 0 Å². The normalized spacial score (nSPS) is 15.9. The van der Waals surface area contributed by atoms with Crippen molar-refractivity contribution in [2.75, 3.05) is 13.1 Å². The number of hydrogen-bond donors (Lipinski definition) is 3. The number of urea groups is 1. The van der Waals surface area contributed by atoms with Gasteiger partial charge in [0.05, 0.1) is 6.54 Å². The van der Waals surface area contributed by atoms with Crippen LogP contribution in [0.15, 0.2) is 11.4 Å². The summed E-state index contributed by atoms with van der Waals surface area (Å²) < 4.78 is 0. The topological polar surface area (TPSA) is 89.9 Å². The van der Waals surface area contributed by atoms with Crippen LogP contribution < -0.4 is 5.32 Å². The number of hydrogen-bond acceptors (Lipinski definition) is 4. The number of aliphatic hydroxyl groups excluding tert-OH is 1. The van der Waals surface area contributed by atoms with E-state index in [1.54, 1.807) is 16.2 Å². The first kappa shape index (κ1) is 12.8. The van der Waals surface area contributed by atoms with Gasteiger partial charge in [-0.3, -0.25) is 0 Å². The molecule has 0 radical (unpaired) electrons. The third kappa shape index (κ3) is 2.80. The second-order valence-corrected chi connectivity index (χ2v) is 5.08. The summed E-state index contributed by atoms with van der Waals surface area (Å²) in [7, 11) is 0. The molecule has 1 unspecified atom stereocenters. The average Bonchev–Trinajstić information content (AvgIpc) is 2.82. The number of carbonyl (C=O) groups excluding carboxylic acids is 1. The van der Waals surface area contributed by atoms with Gasteiger partial charge in [0.1, 0.15) is 0 Å². The maximum atomic E-state index is 11.8. The molecule has 98 valence electrons. The molecule has 1 aromatic heterocycles. The highest BCUT2D eigenvalue weighted by molar-refractivity contribution is 7.10. The Kier molecular flexibility index (Phi) is 3.83. The van der Waals surface area contributed by atoms with Crippen LogP contribution in [0.5, 0.6) is 0 Å². The Balaban J connectivity index is 1.86. The molecule has 2 amide bonds. The van der Waals surface area contributed by atoms with Gasteiger partial charge in [-0.15, -0.1) is 11.3 Å². The summed E-state index contributed by atoms with van der Waals surface area (Å²) in [4.78, 5) is 25.1. The highest BCUT2D eigenvalue weighted by atomic mass is 32.1. The minimum Gasteiger partial charge on any atom is -0.479 e. The summed E-state index contributed by atoms with van der Waals surface area (Å²) in [5, 5.41) is 22.0. The Bertz CT molecular complexity index is 460. The van der Waals surface area contributed by atoms with Gasteiger partial charge in [-0.2, -0.15) is 0 Å². The number of aliphatic hydroxyl groups is 1. The highest BCUT2D eigenvalue weighted by Crippen LogP contribution is 2.23. The molecule has 18 heavy (non-hydrogen) atoms. The van der Waals surface area contributed by atoms with E-state index in [1.165, 1.54) is 4.88 Å². The SMILES string of the molecule is O=C(O)C(O)CNC(=O)N1CCc2sccc2C1. The van der Waals surface area contributed by atoms with E-state index in [2.05, 4.69) is 5.32 Å². The molecule has 0 aliphatic carbocycles. The van der Waals surface area contributed by atoms with Gasteiger partial charge >= 0.3 is 12.0 Å². The Hall–Kier alpha value is -1.60. The number of rotatable bonds is 3. The molecular formula is C11H14N2O4S. The number of nitrogens with one attached hydrogen (secondary N) is 1. The molecule has 0 saturated carbocycles. The zero-order chi connectivity index (χ0) is 13.1. The van der Waals surface area contributed by atoms with Crippen molar-refractivity contribution in [2.24, 2.45) is 0 Å². The third-order valence-corrected chi connectivity index (χ3v) is 3.85. The molecular weight excluding hydrogens is 256 g/mol. The molecule has 0 saturated heterocycles. The maximum absolute atomic E-state index is 11.8. The van der Waals surface area contributed by atoms with E-state index in [4.69, 9.17) is 10.2 Å². The van der Waals surface area contributed by atoms with Gasteiger partial charge in [0.2, 0.25) is 0 Å². The van der Waals surface area contributed by atoms with Crippen molar-refractivity contribution in [1.82, 2.24) is 10.2 Å². The number of fused-ring (bicyclic) bond motifs is 1. The quantitative estimate of drug-likeness (QED) is 0.735. The van der Waals surface area contributed by atoms with Gasteiger partial charge in [0, 0.05) is 18.0 Å². The van der Waals surface area contributed by atoms with E-state index >= 15 is 0 Å². The van der Waals surface area contributed by atoms with Crippen LogP contribution >= 0.6 is 11.3 Å². The minimum absolute atomic E-state index is 0.277. The number of amides is 2. The van der Waals surface area contributed by atoms with Gasteiger partial charge in [0.15, 0.2) is 6.10 Å². The molecule has 7 heteroatoms. The Morgan fingerprint density at radius 3 is 3.06 bits per heavy atom. The van der Waals surface area contributed by atoms with Gasteiger partial charge in [-0.05, 0) is 23.4 Å². The van der Waals surface area contributed by atoms with Crippen molar-refractivity contribution < 1.29 is 19.8 Å². The fourth-order valence-electron chi connectivity index (χ4n) is 1.80. The van der Waals surface area contributed by atoms with Crippen molar-refractivity contribution in [3.8, 4) is 0 Å². The Morgan fingerprint density at radius 1 is 1.56 bits per heavy atom. The zero-order valence-electron chi connectivity index (χ0n) is 9.63. The summed E-state index contributed by atoms with van der Waals surface area (Å²) in [6.07, 6.45) is -0.738. The van der Waals surface area contributed by atoms with E-state index in [0.29, 0.717) is 13.1 Å². The summed E-state index contributed by atoms with van der Waals surface area (Å²) in [6.45, 7) is 0.873. The van der Waals surface area contributed by atoms with E-state index in [9.17, 15) is 9.59 Å². The lowest BCUT2D eigenvalue weighted by Gasteiger charge is -2.27. The Morgan fingerprint density at radius 2 is 2.33 bits per heavy atom. The number of carboxylic acids is 1. The van der Waals surface area contributed by atoms with Crippen molar-refractivity contribution >= 4 is 23.3 Å². The lowest BCUT2D eigenvalue weighted by molar-refractivity contribution is -0.146. The zero-order valence-corrected chi connectivity index (χ0v) is 10.4. The van der Waals surface area contributed by atoms with E-state index in [1.807, 2.05) is 11.4 Å². The number of carbonyl (C=O) groups is 2. The predicted octanol–water partition coefficient (Wildman–Crippen LogP) is 0.261. The fourth-order valence-corrected chi connectivity index (χ4v) is 2.69. The molecule has 2 heterocycles. The largest absolute Gasteiger partial charge is 0.479 e. The number of nitrogens with zero attached hydrogens (tertiary/aromatic N) is 1. The van der Waals surface area contributed by atoms with Gasteiger partial charge < -0.3 is 20.4 Å². The van der Waals surface area contributed by atoms with Crippen molar-refractivity contribution in [3.63, 3.8) is 0 Å². The molecule has 0 spiro atoms. The molecule has 1 aromatic rings. The maximum Gasteiger partial charge on any atom is 0.334 e. The molecule has 1 aliphatic rings. The highest BCUT2D eigenvalue weighted by Gasteiger charge is 2.22. The summed E-state index contributed by atoms with van der Waals surface area (Å²) in [5.41, 5.74) is 1.14. The van der Waals surface area contributed by atoms with Crippen LogP contribution in [-0.2, 0) is 17.8 Å². The van der Waals surface area contributed by atoms with Crippen LogP contribution in [0.3, 0.4) is 0 Å². The van der Waals surface area contributed by atoms with Crippen LogP contribution in [0.2, 0.25) is 0 Å². The van der Waals surface area contributed by atoms with E-state index in [-0.39, 0.29) is 12.6 Å². The number of thiophene rings is 1. The molecule has 1 atom stereocenters. The predicted molar refractivity (Wildman–Crippen MR) is 65.5 cm³/mol. The van der Waals surface area contributed by atoms with Crippen molar-refractivity contribution in [1.29, 1.82) is 0 Å². The summed E-state index contributed by atoms with van der Waals surface area (Å²) in [6, 6.07) is 1.65. The van der Waals surface area contributed by atoms with E-state index < -0.39 is 12.1 Å². The second kappa shape index (κ2) is 5.36. The average molecular weight is 270 g/mol. The molecule has 2 rings (SSSR count). The Labute approximate surface area is 108 Å². The van der Waals surface area contributed by atoms with Crippen LogP contribution in [0.4, 0.5) is 4.79 Å². The van der Waals surface area contributed by atoms with Crippen molar-refractivity contribution in [3.05, 3.63) is 21.9 Å². The lowest BCUT2D eigenvalue weighted by Crippen LogP contribution is -2.46. The molecule has 1 aliphatic heterocycles. The number of carboxylic acid groups (broad SMARTS) is 1. The van der Waals surface area contributed by atoms with E-state index in [0.717, 1.165) is 12.0 Å². The first-order valence-electron chi connectivity index (χ1n) is 5.57. The molecule has 0 fully saturated rings. The summed E-state index contributed by atoms with van der Waals surface area (Å²) in [5.74, 6) is -1.34. The molecule has 6 nitrogen and oxygen atoms in total. The molecule has 0 aromatic carbocycles. The first-order valence-corrected chi connectivity index (χ1v) is 6.45. The van der Waals surface area contributed by atoms with Gasteiger partial charge in [-0.1, -0.05) is 0 Å². The van der Waals surface area contributed by atoms with Crippen LogP contribution in [-0.4, -0.2) is 46.3 Å². The minimum atomic E-state index is -1.56.